The van der Waals surface area contributed by atoms with Crippen LogP contribution in [0.1, 0.15) is 11.7 Å². The van der Waals surface area contributed by atoms with E-state index in [2.05, 4.69) is 15.3 Å². The van der Waals surface area contributed by atoms with Crippen LogP contribution >= 0.6 is 0 Å². The van der Waals surface area contributed by atoms with Gasteiger partial charge in [0.05, 0.1) is 30.8 Å². The van der Waals surface area contributed by atoms with Crippen LogP contribution < -0.4 is 20.7 Å². The predicted octanol–water partition coefficient (Wildman–Crippen LogP) is 2.83. The van der Waals surface area contributed by atoms with Crippen molar-refractivity contribution in [1.82, 2.24) is 4.98 Å². The Hall–Kier alpha value is -3.65. The van der Waals surface area contributed by atoms with E-state index in [1.54, 1.807) is 54.7 Å². The maximum Gasteiger partial charge on any atom is 0.291 e. The van der Waals surface area contributed by atoms with Gasteiger partial charge in [-0.15, -0.1) is 0 Å². The highest BCUT2D eigenvalue weighted by molar-refractivity contribution is 6.47. The van der Waals surface area contributed by atoms with Crippen molar-refractivity contribution in [3.05, 3.63) is 66.7 Å². The second-order valence-corrected chi connectivity index (χ2v) is 5.83. The Labute approximate surface area is 155 Å². The maximum absolute atomic E-state index is 12.9. The van der Waals surface area contributed by atoms with Gasteiger partial charge in [0.15, 0.2) is 0 Å². The molecule has 1 aliphatic rings. The quantitative estimate of drug-likeness (QED) is 0.738. The molecule has 8 nitrogen and oxygen atoms in total. The van der Waals surface area contributed by atoms with Gasteiger partial charge < -0.3 is 25.1 Å². The number of aromatic nitrogens is 1. The highest BCUT2D eigenvalue weighted by atomic mass is 16.5. The number of rotatable bonds is 4. The third-order valence-corrected chi connectivity index (χ3v) is 4.18. The Morgan fingerprint density at radius 2 is 2.07 bits per heavy atom. The summed E-state index contributed by atoms with van der Waals surface area (Å²) in [7, 11) is 1.59. The van der Waals surface area contributed by atoms with Crippen LogP contribution in [0.25, 0.3) is 0 Å². The van der Waals surface area contributed by atoms with E-state index in [0.29, 0.717) is 28.6 Å². The van der Waals surface area contributed by atoms with Crippen LogP contribution in [0.2, 0.25) is 0 Å². The lowest BCUT2D eigenvalue weighted by molar-refractivity contribution is -0.110. The first-order chi connectivity index (χ1) is 13.2. The van der Waals surface area contributed by atoms with Crippen molar-refractivity contribution in [2.45, 2.75) is 6.17 Å². The van der Waals surface area contributed by atoms with Crippen LogP contribution in [-0.4, -0.2) is 23.8 Å². The smallest absolute Gasteiger partial charge is 0.291 e. The number of anilines is 2. The SMILES string of the molecule is COc1ccc(N2C(C(=O)Nc3cccnc3)=Nc3occc3C2N)cc1. The van der Waals surface area contributed by atoms with Gasteiger partial charge in [-0.2, -0.15) is 4.99 Å². The molecule has 0 bridgehead atoms. The van der Waals surface area contributed by atoms with Crippen molar-refractivity contribution in [3.63, 3.8) is 0 Å². The molecule has 3 N–H and O–H groups in total. The number of nitrogens with one attached hydrogen (secondary N) is 1. The standard InChI is InChI=1S/C19H17N5O3/c1-26-14-6-4-13(5-7-14)24-16(20)15-8-10-27-19(15)23-17(24)18(25)22-12-3-2-9-21-11-12/h2-11,16H,20H2,1H3,(H,22,25). The molecule has 0 saturated heterocycles. The fraction of sp³-hybridized carbons (Fsp3) is 0.105. The topological polar surface area (TPSA) is 106 Å². The first kappa shape index (κ1) is 16.8. The third kappa shape index (κ3) is 3.13. The van der Waals surface area contributed by atoms with Gasteiger partial charge in [0.1, 0.15) is 11.9 Å². The van der Waals surface area contributed by atoms with Gasteiger partial charge in [-0.25, -0.2) is 0 Å². The van der Waals surface area contributed by atoms with Gasteiger partial charge in [-0.1, -0.05) is 0 Å². The number of methoxy groups -OCH3 is 1. The van der Waals surface area contributed by atoms with Gasteiger partial charge in [0.25, 0.3) is 5.91 Å². The van der Waals surface area contributed by atoms with Gasteiger partial charge in [-0.05, 0) is 42.5 Å². The number of nitrogens with two attached hydrogens (primary N) is 1. The number of ether oxygens (including phenoxy) is 1. The molecule has 27 heavy (non-hydrogen) atoms. The Bertz CT molecular complexity index is 982. The number of carbonyl (C=O) groups excluding carboxylic acids is 1. The number of nitrogens with zero attached hydrogens (tertiary/aromatic N) is 3. The van der Waals surface area contributed by atoms with E-state index in [-0.39, 0.29) is 5.84 Å². The van der Waals surface area contributed by atoms with Gasteiger partial charge >= 0.3 is 0 Å². The number of hydrogen-bond donors (Lipinski definition) is 2. The Morgan fingerprint density at radius 3 is 2.78 bits per heavy atom. The molecule has 1 aliphatic heterocycles. The average Bonchev–Trinajstić information content (AvgIpc) is 3.18. The lowest BCUT2D eigenvalue weighted by Gasteiger charge is -2.33. The van der Waals surface area contributed by atoms with Crippen LogP contribution in [0.3, 0.4) is 0 Å². The van der Waals surface area contributed by atoms with Crippen molar-refractivity contribution in [3.8, 4) is 5.75 Å². The molecule has 1 aromatic carbocycles. The summed E-state index contributed by atoms with van der Waals surface area (Å²) >= 11 is 0. The summed E-state index contributed by atoms with van der Waals surface area (Å²) in [6, 6.07) is 12.4. The normalized spacial score (nSPS) is 15.7. The molecule has 0 fully saturated rings. The molecule has 0 radical (unpaired) electrons. The van der Waals surface area contributed by atoms with Crippen LogP contribution in [0.5, 0.6) is 5.75 Å². The fourth-order valence-electron chi connectivity index (χ4n) is 2.86. The number of hydrogen-bond acceptors (Lipinski definition) is 7. The average molecular weight is 363 g/mol. The van der Waals surface area contributed by atoms with Crippen LogP contribution in [0.4, 0.5) is 17.3 Å². The van der Waals surface area contributed by atoms with Crippen molar-refractivity contribution < 1.29 is 13.9 Å². The number of furan rings is 1. The summed E-state index contributed by atoms with van der Waals surface area (Å²) in [5.41, 5.74) is 8.38. The molecule has 1 unspecified atom stereocenters. The number of amides is 1. The number of carbonyl (C=O) groups is 1. The van der Waals surface area contributed by atoms with E-state index in [9.17, 15) is 4.79 Å². The zero-order valence-corrected chi connectivity index (χ0v) is 14.5. The van der Waals surface area contributed by atoms with Gasteiger partial charge in [0.2, 0.25) is 11.7 Å². The summed E-state index contributed by atoms with van der Waals surface area (Å²) in [5, 5.41) is 2.78. The van der Waals surface area contributed by atoms with E-state index < -0.39 is 12.1 Å². The Kier molecular flexibility index (Phi) is 4.31. The largest absolute Gasteiger partial charge is 0.497 e. The summed E-state index contributed by atoms with van der Waals surface area (Å²) in [4.78, 5) is 23.0. The number of pyridine rings is 1. The fourth-order valence-corrected chi connectivity index (χ4v) is 2.86. The summed E-state index contributed by atoms with van der Waals surface area (Å²) in [5.74, 6) is 0.727. The summed E-state index contributed by atoms with van der Waals surface area (Å²) in [6.07, 6.45) is 4.06. The molecule has 8 heteroatoms. The monoisotopic (exact) mass is 363 g/mol. The lowest BCUT2D eigenvalue weighted by Crippen LogP contribution is -2.47. The molecule has 0 spiro atoms. The van der Waals surface area contributed by atoms with Crippen molar-refractivity contribution in [2.24, 2.45) is 10.7 Å². The molecule has 0 aliphatic carbocycles. The first-order valence-electron chi connectivity index (χ1n) is 8.23. The summed E-state index contributed by atoms with van der Waals surface area (Å²) < 4.78 is 10.6. The predicted molar refractivity (Wildman–Crippen MR) is 101 cm³/mol. The molecule has 1 atom stereocenters. The molecule has 4 rings (SSSR count). The van der Waals surface area contributed by atoms with E-state index >= 15 is 0 Å². The second kappa shape index (κ2) is 6.93. The van der Waals surface area contributed by atoms with Crippen LogP contribution in [0.15, 0.2) is 70.5 Å². The van der Waals surface area contributed by atoms with Crippen molar-refractivity contribution in [2.75, 3.05) is 17.3 Å². The minimum Gasteiger partial charge on any atom is -0.497 e. The summed E-state index contributed by atoms with van der Waals surface area (Å²) in [6.45, 7) is 0. The molecule has 0 saturated carbocycles. The third-order valence-electron chi connectivity index (χ3n) is 4.18. The number of fused-ring (bicyclic) bond motifs is 1. The van der Waals surface area contributed by atoms with Crippen LogP contribution in [0, 0.1) is 0 Å². The molecule has 3 heterocycles. The first-order valence-corrected chi connectivity index (χ1v) is 8.23. The van der Waals surface area contributed by atoms with Gasteiger partial charge in [0, 0.05) is 11.9 Å². The van der Waals surface area contributed by atoms with E-state index in [1.165, 1.54) is 6.26 Å². The molecule has 2 aromatic heterocycles. The van der Waals surface area contributed by atoms with Crippen LogP contribution in [-0.2, 0) is 4.79 Å². The second-order valence-electron chi connectivity index (χ2n) is 5.83. The van der Waals surface area contributed by atoms with Gasteiger partial charge in [-0.3, -0.25) is 9.78 Å². The number of benzene rings is 1. The zero-order valence-electron chi connectivity index (χ0n) is 14.5. The molecular weight excluding hydrogens is 346 g/mol. The van der Waals surface area contributed by atoms with E-state index in [1.807, 2.05) is 12.1 Å². The molecule has 136 valence electrons. The number of amidine groups is 1. The highest BCUT2D eigenvalue weighted by Gasteiger charge is 2.34. The molecular formula is C19H17N5O3. The highest BCUT2D eigenvalue weighted by Crippen LogP contribution is 2.36. The van der Waals surface area contributed by atoms with Crippen molar-refractivity contribution >= 4 is 29.0 Å². The van der Waals surface area contributed by atoms with E-state index in [0.717, 1.165) is 0 Å². The molecule has 3 aromatic rings. The minimum absolute atomic E-state index is 0.124. The molecule has 1 amide bonds. The van der Waals surface area contributed by atoms with E-state index in [4.69, 9.17) is 14.9 Å². The Balaban J connectivity index is 1.73. The lowest BCUT2D eigenvalue weighted by atomic mass is 10.1. The van der Waals surface area contributed by atoms with Crippen molar-refractivity contribution in [1.29, 1.82) is 0 Å². The Morgan fingerprint density at radius 1 is 1.26 bits per heavy atom. The maximum atomic E-state index is 12.9. The minimum atomic E-state index is -0.626. The zero-order chi connectivity index (χ0) is 18.8. The number of aliphatic imine (C=N–C) groups is 1.